The molecule has 0 unspecified atom stereocenters. The van der Waals surface area contributed by atoms with Crippen LogP contribution in [0, 0.1) is 37.7 Å². The van der Waals surface area contributed by atoms with E-state index in [1.807, 2.05) is 20.8 Å². The molecule has 5 heteroatoms. The minimum atomic E-state index is -0.472. The van der Waals surface area contributed by atoms with Gasteiger partial charge in [0.15, 0.2) is 0 Å². The van der Waals surface area contributed by atoms with E-state index < -0.39 is 7.32 Å². The number of hydrogen-bond donors (Lipinski definition) is 0. The minimum Gasteiger partial charge on any atom is -0.386 e. The van der Waals surface area contributed by atoms with Crippen LogP contribution in [0.2, 0.25) is 0 Å². The van der Waals surface area contributed by atoms with E-state index in [0.717, 1.165) is 0 Å². The molecule has 0 aromatic carbocycles. The number of rotatable bonds is 6. The van der Waals surface area contributed by atoms with Crippen molar-refractivity contribution in [2.75, 3.05) is 19.8 Å². The van der Waals surface area contributed by atoms with Crippen LogP contribution in [-0.2, 0) is 14.0 Å². The van der Waals surface area contributed by atoms with Gasteiger partial charge in [-0.3, -0.25) is 0 Å². The van der Waals surface area contributed by atoms with Crippen LogP contribution in [-0.4, -0.2) is 27.1 Å². The molecule has 0 radical (unpaired) electrons. The van der Waals surface area contributed by atoms with Gasteiger partial charge in [-0.05, 0) is 20.8 Å². The molecule has 0 fully saturated rings. The first kappa shape index (κ1) is 14.7. The Morgan fingerprint density at radius 1 is 0.818 bits per heavy atom. The Kier molecular flexibility index (Phi) is 15.0. The van der Waals surface area contributed by atoms with Crippen LogP contribution in [0.25, 0.3) is 0 Å². The molecular weight excluding hydrogens is 171 g/mol. The van der Waals surface area contributed by atoms with E-state index in [0.29, 0.717) is 19.8 Å². The summed E-state index contributed by atoms with van der Waals surface area (Å²) in [7, 11) is -0.472. The topological polar surface area (TPSA) is 27.7 Å². The first-order valence-corrected chi connectivity index (χ1v) is 3.69. The van der Waals surface area contributed by atoms with E-state index in [4.69, 9.17) is 14.0 Å². The number of hydrogen-bond acceptors (Lipinski definition) is 3. The SMILES string of the molecule is CCOB(OCC)OCC.[Ar]. The molecule has 0 aliphatic carbocycles. The third-order valence-corrected chi connectivity index (χ3v) is 0.908. The molecule has 0 aliphatic heterocycles. The zero-order valence-corrected chi connectivity index (χ0v) is 7.98. The Labute approximate surface area is 98.9 Å². The van der Waals surface area contributed by atoms with Crippen LogP contribution in [0.4, 0.5) is 0 Å². The second-order valence-corrected chi connectivity index (χ2v) is 1.65. The summed E-state index contributed by atoms with van der Waals surface area (Å²) in [5.74, 6) is 0. The Morgan fingerprint density at radius 3 is 1.27 bits per heavy atom. The van der Waals surface area contributed by atoms with Crippen LogP contribution in [0.1, 0.15) is 20.8 Å². The van der Waals surface area contributed by atoms with Crippen LogP contribution in [0.5, 0.6) is 0 Å². The van der Waals surface area contributed by atoms with E-state index >= 15 is 0 Å². The Hall–Kier alpha value is 1.20. The molecule has 0 bridgehead atoms. The van der Waals surface area contributed by atoms with Crippen molar-refractivity contribution in [2.24, 2.45) is 0 Å². The van der Waals surface area contributed by atoms with Crippen LogP contribution in [0.15, 0.2) is 0 Å². The average molecular weight is 186 g/mol. The quantitative estimate of drug-likeness (QED) is 0.580. The van der Waals surface area contributed by atoms with Gasteiger partial charge in [-0.25, -0.2) is 0 Å². The summed E-state index contributed by atoms with van der Waals surface area (Å²) in [5, 5.41) is 0. The van der Waals surface area contributed by atoms with Crippen molar-refractivity contribution in [3.8, 4) is 0 Å². The third-order valence-electron chi connectivity index (χ3n) is 0.908. The summed E-state index contributed by atoms with van der Waals surface area (Å²) >= 11 is 0. The summed E-state index contributed by atoms with van der Waals surface area (Å²) in [6.07, 6.45) is 0. The molecule has 0 spiro atoms. The molecule has 0 rings (SSSR count). The molecule has 0 aromatic heterocycles. The van der Waals surface area contributed by atoms with Gasteiger partial charge in [0.2, 0.25) is 0 Å². The fraction of sp³-hybridized carbons (Fsp3) is 1.00. The molecule has 11 heavy (non-hydrogen) atoms. The van der Waals surface area contributed by atoms with Gasteiger partial charge in [0.1, 0.15) is 0 Å². The van der Waals surface area contributed by atoms with Gasteiger partial charge in [0.25, 0.3) is 0 Å². The normalized spacial score (nSPS) is 9.00. The predicted molar refractivity (Wildman–Crippen MR) is 40.6 cm³/mol. The average Bonchev–Trinajstić information content (AvgIpc) is 1.90. The maximum atomic E-state index is 5.08. The largest absolute Gasteiger partial charge is 0.639 e. The molecular formula is C6H15ArBO3. The van der Waals surface area contributed by atoms with Crippen molar-refractivity contribution in [2.45, 2.75) is 20.8 Å². The fourth-order valence-electron chi connectivity index (χ4n) is 0.553. The van der Waals surface area contributed by atoms with Crippen molar-refractivity contribution < 1.29 is 51.7 Å². The summed E-state index contributed by atoms with van der Waals surface area (Å²) in [6, 6.07) is 0. The predicted octanol–water partition coefficient (Wildman–Crippen LogP) is 1.08. The van der Waals surface area contributed by atoms with Crippen molar-refractivity contribution in [3.05, 3.63) is 0 Å². The standard InChI is InChI=1S/C6H15BO3.Ar/c1-4-8-7(9-5-2)10-6-3;/h4-6H2,1-3H3;. The van der Waals surface area contributed by atoms with Gasteiger partial charge >= 0.3 is 7.32 Å². The maximum absolute atomic E-state index is 5.08. The summed E-state index contributed by atoms with van der Waals surface area (Å²) in [5.41, 5.74) is 0. The monoisotopic (exact) mass is 186 g/mol. The van der Waals surface area contributed by atoms with Gasteiger partial charge in [0, 0.05) is 57.6 Å². The smallest absolute Gasteiger partial charge is 0.386 e. The molecule has 0 amide bonds. The molecule has 0 saturated carbocycles. The molecule has 3 nitrogen and oxygen atoms in total. The van der Waals surface area contributed by atoms with Crippen molar-refractivity contribution in [1.29, 1.82) is 0 Å². The zero-order chi connectivity index (χ0) is 7.82. The second kappa shape index (κ2) is 11.2. The van der Waals surface area contributed by atoms with Crippen LogP contribution >= 0.6 is 0 Å². The van der Waals surface area contributed by atoms with E-state index in [-0.39, 0.29) is 37.7 Å². The van der Waals surface area contributed by atoms with Crippen LogP contribution < -0.4 is 0 Å². The second-order valence-electron chi connectivity index (χ2n) is 1.65. The van der Waals surface area contributed by atoms with E-state index in [9.17, 15) is 0 Å². The first-order valence-electron chi connectivity index (χ1n) is 3.69. The maximum Gasteiger partial charge on any atom is 0.639 e. The molecule has 0 N–H and O–H groups in total. The van der Waals surface area contributed by atoms with Gasteiger partial charge in [0.05, 0.1) is 0 Å². The van der Waals surface area contributed by atoms with Gasteiger partial charge in [-0.2, -0.15) is 0 Å². The molecule has 0 heterocycles. The molecule has 0 atom stereocenters. The summed E-state index contributed by atoms with van der Waals surface area (Å²) < 4.78 is 15.2. The van der Waals surface area contributed by atoms with Crippen molar-refractivity contribution in [1.82, 2.24) is 0 Å². The van der Waals surface area contributed by atoms with E-state index in [1.165, 1.54) is 0 Å². The molecule has 68 valence electrons. The fourth-order valence-corrected chi connectivity index (χ4v) is 0.553. The molecule has 0 saturated heterocycles. The van der Waals surface area contributed by atoms with Crippen molar-refractivity contribution >= 4 is 7.32 Å². The summed E-state index contributed by atoms with van der Waals surface area (Å²) in [4.78, 5) is 0. The van der Waals surface area contributed by atoms with Gasteiger partial charge in [-0.15, -0.1) is 0 Å². The first-order chi connectivity index (χ1) is 4.85. The minimum absolute atomic E-state index is 0. The van der Waals surface area contributed by atoms with E-state index in [1.54, 1.807) is 0 Å². The Bertz CT molecular complexity index is 60.6. The van der Waals surface area contributed by atoms with Gasteiger partial charge in [-0.1, -0.05) is 0 Å². The zero-order valence-electron chi connectivity index (χ0n) is 7.28. The Balaban J connectivity index is 0. The summed E-state index contributed by atoms with van der Waals surface area (Å²) in [6.45, 7) is 7.57. The van der Waals surface area contributed by atoms with Crippen molar-refractivity contribution in [3.63, 3.8) is 0 Å². The molecule has 0 aromatic rings. The van der Waals surface area contributed by atoms with Crippen LogP contribution in [0.3, 0.4) is 0 Å². The van der Waals surface area contributed by atoms with Gasteiger partial charge < -0.3 is 14.0 Å². The van der Waals surface area contributed by atoms with E-state index in [2.05, 4.69) is 0 Å². The third kappa shape index (κ3) is 9.12. The molecule has 0 aliphatic rings. The Morgan fingerprint density at radius 2 is 1.09 bits per heavy atom.